The number of aromatic nitrogens is 1. The first-order chi connectivity index (χ1) is 15.0. The van der Waals surface area contributed by atoms with E-state index in [1.165, 1.54) is 28.0 Å². The van der Waals surface area contributed by atoms with E-state index >= 15 is 0 Å². The van der Waals surface area contributed by atoms with Gasteiger partial charge >= 0.3 is 0 Å². The zero-order chi connectivity index (χ0) is 21.5. The highest BCUT2D eigenvalue weighted by Crippen LogP contribution is 2.41. The van der Waals surface area contributed by atoms with Crippen LogP contribution < -0.4 is 4.90 Å². The number of benzene rings is 2. The summed E-state index contributed by atoms with van der Waals surface area (Å²) in [6.45, 7) is 0. The summed E-state index contributed by atoms with van der Waals surface area (Å²) >= 11 is 8.73. The average molecular weight is 471 g/mol. The Hall–Kier alpha value is -2.22. The number of nitrogens with zero attached hydrogens (tertiary/aromatic N) is 2. The highest BCUT2D eigenvalue weighted by Gasteiger charge is 2.48. The van der Waals surface area contributed by atoms with E-state index in [0.29, 0.717) is 16.3 Å². The second-order valence-electron chi connectivity index (χ2n) is 7.86. The van der Waals surface area contributed by atoms with Gasteiger partial charge in [0.15, 0.2) is 10.1 Å². The molecule has 1 aliphatic carbocycles. The molecular weight excluding hydrogens is 452 g/mol. The molecule has 0 radical (unpaired) electrons. The van der Waals surface area contributed by atoms with Crippen LogP contribution >= 0.6 is 34.7 Å². The summed E-state index contributed by atoms with van der Waals surface area (Å²) in [4.78, 5) is 44.1. The standard InChI is InChI=1S/C23H19ClN2O3S2/c24-14-7-5-13(6-8-14)19(27)12-30-23-25-18-10-9-15(11-20(18)31-23)26-21(28)16-3-1-2-4-17(16)22(26)29/h5-11,16-17H,1-4,12H2/t16-,17-/m1/s1. The Morgan fingerprint density at radius 3 is 2.42 bits per heavy atom. The van der Waals surface area contributed by atoms with Crippen molar-refractivity contribution >= 4 is 68.2 Å². The Balaban J connectivity index is 1.33. The first-order valence-electron chi connectivity index (χ1n) is 10.2. The highest BCUT2D eigenvalue weighted by molar-refractivity contribution is 8.01. The molecule has 1 aliphatic heterocycles. The minimum atomic E-state index is -0.164. The fourth-order valence-electron chi connectivity index (χ4n) is 4.36. The van der Waals surface area contributed by atoms with Crippen molar-refractivity contribution in [1.82, 2.24) is 4.98 Å². The summed E-state index contributed by atoms with van der Waals surface area (Å²) in [7, 11) is 0. The monoisotopic (exact) mass is 470 g/mol. The molecule has 5 rings (SSSR count). The molecule has 5 nitrogen and oxygen atoms in total. The van der Waals surface area contributed by atoms with E-state index < -0.39 is 0 Å². The van der Waals surface area contributed by atoms with Crippen LogP contribution in [0, 0.1) is 11.8 Å². The van der Waals surface area contributed by atoms with Crippen molar-refractivity contribution in [2.75, 3.05) is 10.7 Å². The SMILES string of the molecule is O=C(CSc1nc2ccc(N3C(=O)[C@@H]4CCCC[C@H]4C3=O)cc2s1)c1ccc(Cl)cc1. The molecule has 2 atom stereocenters. The van der Waals surface area contributed by atoms with Gasteiger partial charge in [0.25, 0.3) is 0 Å². The van der Waals surface area contributed by atoms with E-state index in [2.05, 4.69) is 4.98 Å². The number of thiazole rings is 1. The maximum atomic E-state index is 12.9. The van der Waals surface area contributed by atoms with Crippen LogP contribution in [0.25, 0.3) is 10.2 Å². The Bertz CT molecular complexity index is 1170. The van der Waals surface area contributed by atoms with Crippen LogP contribution in [0.2, 0.25) is 5.02 Å². The van der Waals surface area contributed by atoms with Gasteiger partial charge in [-0.2, -0.15) is 0 Å². The third-order valence-electron chi connectivity index (χ3n) is 5.94. The Morgan fingerprint density at radius 1 is 1.06 bits per heavy atom. The number of halogens is 1. The lowest BCUT2D eigenvalue weighted by molar-refractivity contribution is -0.122. The third-order valence-corrected chi connectivity index (χ3v) is 8.36. The molecule has 2 heterocycles. The average Bonchev–Trinajstić information content (AvgIpc) is 3.30. The molecular formula is C23H19ClN2O3S2. The smallest absolute Gasteiger partial charge is 0.237 e. The van der Waals surface area contributed by atoms with Crippen molar-refractivity contribution in [3.8, 4) is 0 Å². The van der Waals surface area contributed by atoms with Crippen molar-refractivity contribution < 1.29 is 14.4 Å². The number of fused-ring (bicyclic) bond motifs is 2. The van der Waals surface area contributed by atoms with E-state index in [1.54, 1.807) is 30.3 Å². The molecule has 0 N–H and O–H groups in total. The molecule has 0 unspecified atom stereocenters. The lowest BCUT2D eigenvalue weighted by Gasteiger charge is -2.19. The van der Waals surface area contributed by atoms with Crippen LogP contribution in [-0.4, -0.2) is 28.3 Å². The van der Waals surface area contributed by atoms with Gasteiger partial charge in [0.05, 0.1) is 33.5 Å². The maximum Gasteiger partial charge on any atom is 0.237 e. The molecule has 0 spiro atoms. The third kappa shape index (κ3) is 3.90. The summed E-state index contributed by atoms with van der Waals surface area (Å²) in [6.07, 6.45) is 3.63. The van der Waals surface area contributed by atoms with Crippen molar-refractivity contribution in [3.63, 3.8) is 0 Å². The van der Waals surface area contributed by atoms with Gasteiger partial charge in [0, 0.05) is 10.6 Å². The van der Waals surface area contributed by atoms with Gasteiger partial charge in [0.1, 0.15) is 0 Å². The topological polar surface area (TPSA) is 67.3 Å². The van der Waals surface area contributed by atoms with E-state index in [1.807, 2.05) is 12.1 Å². The predicted molar refractivity (Wildman–Crippen MR) is 124 cm³/mol. The Kier molecular flexibility index (Phi) is 5.58. The number of carbonyl (C=O) groups excluding carboxylic acids is 3. The van der Waals surface area contributed by atoms with Gasteiger partial charge in [-0.3, -0.25) is 19.3 Å². The molecule has 31 heavy (non-hydrogen) atoms. The molecule has 1 saturated heterocycles. The van der Waals surface area contributed by atoms with Crippen molar-refractivity contribution in [2.45, 2.75) is 30.0 Å². The van der Waals surface area contributed by atoms with E-state index in [4.69, 9.17) is 11.6 Å². The second-order valence-corrected chi connectivity index (χ2v) is 10.5. The van der Waals surface area contributed by atoms with Gasteiger partial charge in [-0.1, -0.05) is 36.2 Å². The molecule has 2 amide bonds. The minimum absolute atomic E-state index is 0.0116. The second kappa shape index (κ2) is 8.37. The number of rotatable bonds is 5. The van der Waals surface area contributed by atoms with Crippen LogP contribution in [0.4, 0.5) is 5.69 Å². The van der Waals surface area contributed by atoms with Gasteiger partial charge in [-0.15, -0.1) is 11.3 Å². The first-order valence-corrected chi connectivity index (χ1v) is 12.4. The van der Waals surface area contributed by atoms with E-state index in [9.17, 15) is 14.4 Å². The number of anilines is 1. The molecule has 2 fully saturated rings. The van der Waals surface area contributed by atoms with Gasteiger partial charge < -0.3 is 0 Å². The molecule has 2 aromatic carbocycles. The maximum absolute atomic E-state index is 12.9. The summed E-state index contributed by atoms with van der Waals surface area (Å²) in [5.41, 5.74) is 2.04. The van der Waals surface area contributed by atoms with Gasteiger partial charge in [0.2, 0.25) is 11.8 Å². The quantitative estimate of drug-likeness (QED) is 0.275. The van der Waals surface area contributed by atoms with Crippen LogP contribution in [-0.2, 0) is 9.59 Å². The van der Waals surface area contributed by atoms with Crippen molar-refractivity contribution in [3.05, 3.63) is 53.1 Å². The van der Waals surface area contributed by atoms with Gasteiger partial charge in [-0.05, 0) is 55.3 Å². The Labute approximate surface area is 192 Å². The molecule has 1 saturated carbocycles. The molecule has 158 valence electrons. The number of amides is 2. The zero-order valence-electron chi connectivity index (χ0n) is 16.5. The van der Waals surface area contributed by atoms with E-state index in [-0.39, 0.29) is 35.2 Å². The number of Topliss-reactive ketones (excluding diaryl/α,β-unsaturated/α-hetero) is 1. The number of hydrogen-bond donors (Lipinski definition) is 0. The predicted octanol–water partition coefficient (Wildman–Crippen LogP) is 5.60. The normalized spacial score (nSPS) is 21.0. The zero-order valence-corrected chi connectivity index (χ0v) is 18.9. The fraction of sp³-hybridized carbons (Fsp3) is 0.304. The highest BCUT2D eigenvalue weighted by atomic mass is 35.5. The van der Waals surface area contributed by atoms with Gasteiger partial charge in [-0.25, -0.2) is 4.98 Å². The van der Waals surface area contributed by atoms with Crippen LogP contribution in [0.15, 0.2) is 46.8 Å². The van der Waals surface area contributed by atoms with Crippen molar-refractivity contribution in [2.24, 2.45) is 11.8 Å². The van der Waals surface area contributed by atoms with Crippen molar-refractivity contribution in [1.29, 1.82) is 0 Å². The van der Waals surface area contributed by atoms with Crippen LogP contribution in [0.3, 0.4) is 0 Å². The molecule has 1 aromatic heterocycles. The summed E-state index contributed by atoms with van der Waals surface area (Å²) < 4.78 is 1.68. The minimum Gasteiger partial charge on any atom is -0.293 e. The molecule has 0 bridgehead atoms. The lowest BCUT2D eigenvalue weighted by Crippen LogP contribution is -2.30. The van der Waals surface area contributed by atoms with Crippen LogP contribution in [0.1, 0.15) is 36.0 Å². The molecule has 3 aromatic rings. The summed E-state index contributed by atoms with van der Waals surface area (Å²) in [5, 5.41) is 0.598. The molecule has 2 aliphatic rings. The summed E-state index contributed by atoms with van der Waals surface area (Å²) in [6, 6.07) is 12.4. The fourth-order valence-corrected chi connectivity index (χ4v) is 6.48. The summed E-state index contributed by atoms with van der Waals surface area (Å²) in [5.74, 6) is -0.173. The largest absolute Gasteiger partial charge is 0.293 e. The first kappa shape index (κ1) is 20.7. The number of thioether (sulfide) groups is 1. The van der Waals surface area contributed by atoms with E-state index in [0.717, 1.165) is 40.2 Å². The number of carbonyl (C=O) groups is 3. The lowest BCUT2D eigenvalue weighted by atomic mass is 9.81. The molecule has 8 heteroatoms. The number of ketones is 1. The number of hydrogen-bond acceptors (Lipinski definition) is 6. The number of imide groups is 1. The van der Waals surface area contributed by atoms with Crippen LogP contribution in [0.5, 0.6) is 0 Å². The Morgan fingerprint density at radius 2 is 1.74 bits per heavy atom.